The topological polar surface area (TPSA) is 104 Å². The number of aryl methyl sites for hydroxylation is 1. The predicted molar refractivity (Wildman–Crippen MR) is 107 cm³/mol. The van der Waals surface area contributed by atoms with Crippen LogP contribution < -0.4 is 26.0 Å². The van der Waals surface area contributed by atoms with Gasteiger partial charge >= 0.3 is 5.69 Å². The second-order valence-electron chi connectivity index (χ2n) is 6.26. The molecule has 1 aromatic heterocycles. The average Bonchev–Trinajstić information content (AvgIpc) is 2.73. The van der Waals surface area contributed by atoms with Crippen LogP contribution in [0.2, 0.25) is 0 Å². The van der Waals surface area contributed by atoms with Crippen molar-refractivity contribution in [1.29, 1.82) is 0 Å². The molecule has 0 fully saturated rings. The molecule has 0 aliphatic carbocycles. The number of hydrogen-bond donors (Lipinski definition) is 1. The molecule has 0 atom stereocenters. The van der Waals surface area contributed by atoms with E-state index in [2.05, 4.69) is 10.4 Å². The number of carbonyl (C=O) groups is 1. The van der Waals surface area contributed by atoms with Gasteiger partial charge in [-0.25, -0.2) is 4.79 Å². The number of methoxy groups -OCH3 is 2. The van der Waals surface area contributed by atoms with E-state index in [1.807, 2.05) is 6.92 Å². The number of anilines is 1. The van der Waals surface area contributed by atoms with Crippen LogP contribution in [0.1, 0.15) is 16.1 Å². The summed E-state index contributed by atoms with van der Waals surface area (Å²) in [6, 6.07) is 11.8. The number of nitrogens with one attached hydrogen (secondary N) is 1. The Morgan fingerprint density at radius 1 is 1.03 bits per heavy atom. The number of aromatic nitrogens is 3. The number of carbonyl (C=O) groups excluding carboxylic acids is 1. The van der Waals surface area contributed by atoms with Gasteiger partial charge in [0.1, 0.15) is 11.5 Å². The maximum absolute atomic E-state index is 12.8. The molecule has 0 aliphatic rings. The summed E-state index contributed by atoms with van der Waals surface area (Å²) in [6.07, 6.45) is 0. The van der Waals surface area contributed by atoms with Gasteiger partial charge in [-0.15, -0.1) is 0 Å². The van der Waals surface area contributed by atoms with E-state index in [4.69, 9.17) is 9.47 Å². The molecule has 2 aromatic carbocycles. The summed E-state index contributed by atoms with van der Waals surface area (Å²) < 4.78 is 12.2. The number of benzene rings is 2. The van der Waals surface area contributed by atoms with Gasteiger partial charge in [-0.05, 0) is 31.2 Å². The lowest BCUT2D eigenvalue weighted by atomic mass is 10.2. The van der Waals surface area contributed by atoms with Gasteiger partial charge in [-0.3, -0.25) is 14.2 Å². The zero-order valence-corrected chi connectivity index (χ0v) is 16.4. The molecule has 3 rings (SSSR count). The molecule has 150 valence electrons. The molecule has 0 spiro atoms. The summed E-state index contributed by atoms with van der Waals surface area (Å²) in [5, 5.41) is 6.61. The van der Waals surface area contributed by atoms with Crippen molar-refractivity contribution in [2.24, 2.45) is 7.05 Å². The summed E-state index contributed by atoms with van der Waals surface area (Å²) in [5.41, 5.74) is -0.169. The molecule has 29 heavy (non-hydrogen) atoms. The third-order valence-electron chi connectivity index (χ3n) is 4.32. The fourth-order valence-electron chi connectivity index (χ4n) is 2.66. The van der Waals surface area contributed by atoms with Crippen molar-refractivity contribution in [1.82, 2.24) is 14.3 Å². The molecular weight excluding hydrogens is 376 g/mol. The average molecular weight is 396 g/mol. The van der Waals surface area contributed by atoms with Crippen LogP contribution in [-0.2, 0) is 7.05 Å². The molecule has 0 unspecified atom stereocenters. The highest BCUT2D eigenvalue weighted by Gasteiger charge is 2.20. The molecule has 0 aliphatic heterocycles. The van der Waals surface area contributed by atoms with Gasteiger partial charge in [0.15, 0.2) is 0 Å². The maximum Gasteiger partial charge on any atom is 0.351 e. The summed E-state index contributed by atoms with van der Waals surface area (Å²) >= 11 is 0. The normalized spacial score (nSPS) is 10.5. The molecule has 1 heterocycles. The van der Waals surface area contributed by atoms with Gasteiger partial charge in [-0.2, -0.15) is 9.78 Å². The van der Waals surface area contributed by atoms with Crippen molar-refractivity contribution in [2.75, 3.05) is 19.5 Å². The lowest BCUT2D eigenvalue weighted by Crippen LogP contribution is -2.43. The summed E-state index contributed by atoms with van der Waals surface area (Å²) in [6.45, 7) is 1.90. The van der Waals surface area contributed by atoms with Crippen molar-refractivity contribution in [3.63, 3.8) is 0 Å². The second-order valence-corrected chi connectivity index (χ2v) is 6.26. The Balaban J connectivity index is 2.07. The molecule has 1 N–H and O–H groups in total. The largest absolute Gasteiger partial charge is 0.497 e. The third-order valence-corrected chi connectivity index (χ3v) is 4.32. The van der Waals surface area contributed by atoms with Gasteiger partial charge in [0.2, 0.25) is 5.69 Å². The van der Waals surface area contributed by atoms with Crippen LogP contribution in [-0.4, -0.2) is 34.5 Å². The molecule has 0 saturated carbocycles. The molecular formula is C20H20N4O5. The molecule has 0 saturated heterocycles. The van der Waals surface area contributed by atoms with Crippen molar-refractivity contribution in [2.45, 2.75) is 6.92 Å². The van der Waals surface area contributed by atoms with Crippen LogP contribution in [0.4, 0.5) is 5.69 Å². The van der Waals surface area contributed by atoms with E-state index < -0.39 is 22.9 Å². The number of amides is 1. The van der Waals surface area contributed by atoms with Gasteiger partial charge in [-0.1, -0.05) is 17.7 Å². The monoisotopic (exact) mass is 396 g/mol. The molecule has 0 bridgehead atoms. The molecule has 1 amide bonds. The second kappa shape index (κ2) is 8.01. The first kappa shape index (κ1) is 19.9. The first-order chi connectivity index (χ1) is 13.8. The van der Waals surface area contributed by atoms with E-state index in [1.54, 1.807) is 42.5 Å². The third kappa shape index (κ3) is 3.88. The Morgan fingerprint density at radius 2 is 1.72 bits per heavy atom. The van der Waals surface area contributed by atoms with Gasteiger partial charge in [0.25, 0.3) is 11.5 Å². The Morgan fingerprint density at radius 3 is 2.34 bits per heavy atom. The van der Waals surface area contributed by atoms with Crippen LogP contribution in [0.5, 0.6) is 11.5 Å². The Kier molecular flexibility index (Phi) is 5.49. The van der Waals surface area contributed by atoms with E-state index in [0.717, 1.165) is 14.8 Å². The van der Waals surface area contributed by atoms with Crippen molar-refractivity contribution >= 4 is 11.6 Å². The number of ether oxygens (including phenoxy) is 2. The standard InChI is InChI=1S/C20H20N4O5/c1-12-5-7-13(8-6-12)24-20(27)23(2)19(26)17(22-24)18(25)21-15-11-14(28-3)9-10-16(15)29-4/h5-11H,1-4H3,(H,21,25). The Bertz CT molecular complexity index is 1180. The Labute approximate surface area is 166 Å². The lowest BCUT2D eigenvalue weighted by Gasteiger charge is -2.12. The SMILES string of the molecule is COc1ccc(OC)c(NC(=O)c2nn(-c3ccc(C)cc3)c(=O)n(C)c2=O)c1. The van der Waals surface area contributed by atoms with Crippen molar-refractivity contribution in [3.8, 4) is 17.2 Å². The summed E-state index contributed by atoms with van der Waals surface area (Å²) in [5.74, 6) is 0.0902. The van der Waals surface area contributed by atoms with Crippen LogP contribution in [0.3, 0.4) is 0 Å². The first-order valence-corrected chi connectivity index (χ1v) is 8.66. The van der Waals surface area contributed by atoms with Crippen LogP contribution >= 0.6 is 0 Å². The van der Waals surface area contributed by atoms with E-state index in [9.17, 15) is 14.4 Å². The lowest BCUT2D eigenvalue weighted by molar-refractivity contribution is 0.101. The van der Waals surface area contributed by atoms with Crippen molar-refractivity contribution < 1.29 is 14.3 Å². The predicted octanol–water partition coefficient (Wildman–Crippen LogP) is 1.51. The minimum absolute atomic E-state index is 0.300. The van der Waals surface area contributed by atoms with Crippen LogP contribution in [0.15, 0.2) is 52.1 Å². The maximum atomic E-state index is 12.8. The highest BCUT2D eigenvalue weighted by Crippen LogP contribution is 2.29. The Hall–Kier alpha value is -3.88. The van der Waals surface area contributed by atoms with Gasteiger partial charge in [0.05, 0.1) is 25.6 Å². The van der Waals surface area contributed by atoms with E-state index in [1.165, 1.54) is 21.3 Å². The van der Waals surface area contributed by atoms with Crippen molar-refractivity contribution in [3.05, 3.63) is 74.6 Å². The van der Waals surface area contributed by atoms with Gasteiger partial charge in [0, 0.05) is 13.1 Å². The van der Waals surface area contributed by atoms with E-state index in [-0.39, 0.29) is 0 Å². The fourth-order valence-corrected chi connectivity index (χ4v) is 2.66. The number of hydrogen-bond acceptors (Lipinski definition) is 6. The zero-order valence-electron chi connectivity index (χ0n) is 16.4. The van der Waals surface area contributed by atoms with E-state index in [0.29, 0.717) is 22.9 Å². The first-order valence-electron chi connectivity index (χ1n) is 8.66. The highest BCUT2D eigenvalue weighted by molar-refractivity contribution is 6.03. The van der Waals surface area contributed by atoms with E-state index >= 15 is 0 Å². The number of rotatable bonds is 5. The molecule has 9 nitrogen and oxygen atoms in total. The fraction of sp³-hybridized carbons (Fsp3) is 0.200. The number of nitrogens with zero attached hydrogens (tertiary/aromatic N) is 3. The van der Waals surface area contributed by atoms with Gasteiger partial charge < -0.3 is 14.8 Å². The van der Waals surface area contributed by atoms with Crippen LogP contribution in [0, 0.1) is 6.92 Å². The zero-order chi connectivity index (χ0) is 21.1. The summed E-state index contributed by atoms with van der Waals surface area (Å²) in [4.78, 5) is 37.8. The quantitative estimate of drug-likeness (QED) is 0.701. The minimum atomic E-state index is -0.808. The molecule has 3 aromatic rings. The van der Waals surface area contributed by atoms with Crippen LogP contribution in [0.25, 0.3) is 5.69 Å². The minimum Gasteiger partial charge on any atom is -0.497 e. The highest BCUT2D eigenvalue weighted by atomic mass is 16.5. The molecule has 0 radical (unpaired) electrons. The smallest absolute Gasteiger partial charge is 0.351 e. The summed E-state index contributed by atoms with van der Waals surface area (Å²) in [7, 11) is 4.23. The molecule has 9 heteroatoms.